The second-order valence-electron chi connectivity index (χ2n) is 13.1. The number of nitrogens with two attached hydrogens (primary N) is 6. The van der Waals surface area contributed by atoms with Crippen LogP contribution in [0.25, 0.3) is 0 Å². The minimum absolute atomic E-state index is 0.0390. The highest BCUT2D eigenvalue weighted by Crippen LogP contribution is 2.34. The third kappa shape index (κ3) is 11.8. The van der Waals surface area contributed by atoms with E-state index in [1.54, 1.807) is 13.8 Å². The Morgan fingerprint density at radius 3 is 1.54 bits per heavy atom. The molecule has 2 fully saturated rings. The fourth-order valence-corrected chi connectivity index (χ4v) is 6.22. The minimum atomic E-state index is -1.63. The van der Waals surface area contributed by atoms with Crippen molar-refractivity contribution in [3.8, 4) is 0 Å². The molecule has 2 aliphatic rings. The lowest BCUT2D eigenvalue weighted by Crippen LogP contribution is -2.69. The highest BCUT2D eigenvalue weighted by atomic mass is 16.4. The van der Waals surface area contributed by atoms with Crippen LogP contribution in [-0.2, 0) is 19.2 Å². The molecule has 0 radical (unpaired) electrons. The van der Waals surface area contributed by atoms with Gasteiger partial charge in [0.15, 0.2) is 5.96 Å². The molecule has 0 bridgehead atoms. The molecule has 0 aromatic carbocycles. The van der Waals surface area contributed by atoms with Crippen molar-refractivity contribution in [1.82, 2.24) is 9.80 Å². The first-order valence-corrected chi connectivity index (χ1v) is 16.0. The van der Waals surface area contributed by atoms with Crippen LogP contribution >= 0.6 is 0 Å². The van der Waals surface area contributed by atoms with Crippen molar-refractivity contribution in [2.24, 2.45) is 51.2 Å². The molecule has 0 saturated carbocycles. The summed E-state index contributed by atoms with van der Waals surface area (Å²) in [5, 5.41) is 55.0. The van der Waals surface area contributed by atoms with Crippen molar-refractivity contribution in [1.29, 1.82) is 0 Å². The second kappa shape index (κ2) is 18.6. The molecule has 48 heavy (non-hydrogen) atoms. The van der Waals surface area contributed by atoms with Crippen LogP contribution in [-0.4, -0.2) is 139 Å². The summed E-state index contributed by atoms with van der Waals surface area (Å²) in [5.41, 5.74) is 31.0. The topological polar surface area (TPSA) is 365 Å². The van der Waals surface area contributed by atoms with E-state index in [-0.39, 0.29) is 55.7 Å². The Labute approximate surface area is 281 Å². The third-order valence-electron chi connectivity index (χ3n) is 9.29. The van der Waals surface area contributed by atoms with Gasteiger partial charge in [0.25, 0.3) is 0 Å². The van der Waals surface area contributed by atoms with Crippen LogP contribution in [0.5, 0.6) is 0 Å². The molecule has 0 aromatic heterocycles. The normalized spacial score (nSPS) is 28.3. The number of carbonyl (C=O) groups excluding carboxylic acids is 2. The van der Waals surface area contributed by atoms with Crippen LogP contribution in [0.2, 0.25) is 12.6 Å². The van der Waals surface area contributed by atoms with Crippen molar-refractivity contribution in [3.05, 3.63) is 0 Å². The number of likely N-dealkylation sites (tertiary alicyclic amines) is 2. The summed E-state index contributed by atoms with van der Waals surface area (Å²) in [7, 11) is -2.96. The number of carbonyl (C=O) groups is 4. The molecule has 0 unspecified atom stereocenters. The van der Waals surface area contributed by atoms with Gasteiger partial charge in [0.05, 0.1) is 24.2 Å². The number of carboxylic acid groups (broad SMARTS) is 2. The van der Waals surface area contributed by atoms with Crippen LogP contribution in [0.15, 0.2) is 4.99 Å². The number of aliphatic carboxylic acids is 2. The molecule has 18 N–H and O–H groups in total. The Morgan fingerprint density at radius 1 is 0.812 bits per heavy atom. The monoisotopic (exact) mass is 687 g/mol. The minimum Gasteiger partial charge on any atom is -0.480 e. The number of piperidine rings is 2. The van der Waals surface area contributed by atoms with Crippen molar-refractivity contribution in [2.75, 3.05) is 19.6 Å². The Hall–Kier alpha value is -3.04. The Bertz CT molecular complexity index is 1130. The maximum absolute atomic E-state index is 12.8. The molecule has 0 spiro atoms. The van der Waals surface area contributed by atoms with E-state index in [2.05, 4.69) is 4.99 Å². The lowest BCUT2D eigenvalue weighted by molar-refractivity contribution is -0.155. The molecule has 274 valence electrons. The molecule has 19 nitrogen and oxygen atoms in total. The predicted molar refractivity (Wildman–Crippen MR) is 178 cm³/mol. The van der Waals surface area contributed by atoms with Gasteiger partial charge < -0.3 is 74.5 Å². The van der Waals surface area contributed by atoms with E-state index in [4.69, 9.17) is 54.5 Å². The largest absolute Gasteiger partial charge is 0.480 e. The summed E-state index contributed by atoms with van der Waals surface area (Å²) < 4.78 is 0. The van der Waals surface area contributed by atoms with E-state index in [1.807, 2.05) is 0 Å². The first-order chi connectivity index (χ1) is 22.1. The summed E-state index contributed by atoms with van der Waals surface area (Å²) in [5.74, 6) is -3.66. The van der Waals surface area contributed by atoms with Gasteiger partial charge in [-0.2, -0.15) is 0 Å². The first kappa shape index (κ1) is 43.0. The summed E-state index contributed by atoms with van der Waals surface area (Å²) in [6.07, 6.45) is 2.04. The molecule has 2 saturated heterocycles. The average molecular weight is 687 g/mol. The van der Waals surface area contributed by atoms with Crippen molar-refractivity contribution in [3.63, 3.8) is 0 Å². The first-order valence-electron chi connectivity index (χ1n) is 16.0. The van der Waals surface area contributed by atoms with Gasteiger partial charge in [0, 0.05) is 19.6 Å². The van der Waals surface area contributed by atoms with Crippen molar-refractivity contribution < 1.29 is 49.5 Å². The van der Waals surface area contributed by atoms with Gasteiger partial charge in [-0.1, -0.05) is 12.8 Å². The van der Waals surface area contributed by atoms with Gasteiger partial charge in [-0.3, -0.25) is 24.2 Å². The standard InChI is InChI=1S/C15H31BN6O5.C12H24BN3O5/c1-9-15(20,13(24)25)7-10(4-5-16(26)27)8-22(9)12(23)11(17)3-2-6-21-14(18)19;1-7(14)10(17)16-6-9(3-4-13(20)21)5-12(15,8(16)2)11(18)19/h9-11,26-27H,2-8,17,20H2,1H3,(H,24,25)(H4,18,19,21);7-9,20-21H,3-6,14-15H2,1-2H3,(H,18,19)/t9-,10-,11-,15+;7-,8-,9-,12+/m00/s1. The number of amides is 2. The second-order valence-corrected chi connectivity index (χ2v) is 13.1. The van der Waals surface area contributed by atoms with Gasteiger partial charge in [-0.25, -0.2) is 0 Å². The average Bonchev–Trinajstić information content (AvgIpc) is 2.99. The molecule has 8 atom stereocenters. The van der Waals surface area contributed by atoms with Gasteiger partial charge >= 0.3 is 26.2 Å². The van der Waals surface area contributed by atoms with Gasteiger partial charge in [0.2, 0.25) is 11.8 Å². The number of nitrogens with zero attached hydrogens (tertiary/aromatic N) is 3. The molecule has 2 rings (SSSR count). The maximum atomic E-state index is 12.8. The number of aliphatic imine (C=N–C) groups is 1. The Balaban J connectivity index is 0.000000495. The number of rotatable bonds is 14. The van der Waals surface area contributed by atoms with Gasteiger partial charge in [-0.15, -0.1) is 0 Å². The molecule has 2 aliphatic heterocycles. The van der Waals surface area contributed by atoms with Crippen LogP contribution in [0.1, 0.15) is 59.3 Å². The zero-order valence-electron chi connectivity index (χ0n) is 28.0. The van der Waals surface area contributed by atoms with Crippen LogP contribution in [0.3, 0.4) is 0 Å². The SMILES string of the molecule is C[C@@H]1N(C(=O)[C@@H](N)CCCN=C(N)N)C[C@@H](CCB(O)O)C[C@]1(N)C(=O)O.C[C@H](N)C(=O)N1C[C@@H](CCB(O)O)C[C@](N)(C(=O)O)[C@@H]1C. The highest BCUT2D eigenvalue weighted by molar-refractivity contribution is 6.41. The van der Waals surface area contributed by atoms with Gasteiger partial charge in [-0.05, 0) is 70.9 Å². The predicted octanol–water partition coefficient (Wildman–Crippen LogP) is -4.54. The van der Waals surface area contributed by atoms with E-state index in [0.29, 0.717) is 38.8 Å². The molecule has 2 amide bonds. The van der Waals surface area contributed by atoms with Crippen LogP contribution in [0.4, 0.5) is 0 Å². The van der Waals surface area contributed by atoms with E-state index < -0.39 is 67.3 Å². The fourth-order valence-electron chi connectivity index (χ4n) is 6.22. The van der Waals surface area contributed by atoms with Crippen molar-refractivity contribution in [2.45, 2.75) is 107 Å². The van der Waals surface area contributed by atoms with E-state index >= 15 is 0 Å². The van der Waals surface area contributed by atoms with E-state index in [9.17, 15) is 29.4 Å². The van der Waals surface area contributed by atoms with Crippen LogP contribution < -0.4 is 34.4 Å². The molecule has 0 aliphatic carbocycles. The summed E-state index contributed by atoms with van der Waals surface area (Å²) in [6, 6.07) is -3.00. The summed E-state index contributed by atoms with van der Waals surface area (Å²) in [6.45, 7) is 5.66. The van der Waals surface area contributed by atoms with Crippen molar-refractivity contribution >= 4 is 43.9 Å². The lowest BCUT2D eigenvalue weighted by Gasteiger charge is -2.48. The zero-order valence-corrected chi connectivity index (χ0v) is 28.0. The number of carboxylic acids is 2. The number of hydrogen-bond acceptors (Lipinski definition) is 13. The maximum Gasteiger partial charge on any atom is 0.451 e. The Morgan fingerprint density at radius 2 is 1.21 bits per heavy atom. The van der Waals surface area contributed by atoms with E-state index in [1.165, 1.54) is 16.7 Å². The molecular weight excluding hydrogens is 632 g/mol. The van der Waals surface area contributed by atoms with Crippen LogP contribution in [0, 0.1) is 11.8 Å². The number of hydrogen-bond donors (Lipinski definition) is 12. The lowest BCUT2D eigenvalue weighted by atomic mass is 9.72. The summed E-state index contributed by atoms with van der Waals surface area (Å²) >= 11 is 0. The molecule has 21 heteroatoms. The third-order valence-corrected chi connectivity index (χ3v) is 9.29. The smallest absolute Gasteiger partial charge is 0.451 e. The van der Waals surface area contributed by atoms with Gasteiger partial charge in [0.1, 0.15) is 11.1 Å². The fraction of sp³-hybridized carbons (Fsp3) is 0.815. The molecular formula is C27H55B2N9O10. The molecule has 0 aromatic rings. The highest BCUT2D eigenvalue weighted by Gasteiger charge is 2.51. The van der Waals surface area contributed by atoms with E-state index in [0.717, 1.165) is 0 Å². The Kier molecular flexibility index (Phi) is 16.7. The summed E-state index contributed by atoms with van der Waals surface area (Å²) in [4.78, 5) is 54.9. The quantitative estimate of drug-likeness (QED) is 0.0354. The molecule has 2 heterocycles. The number of guanidine groups is 1. The zero-order chi connectivity index (χ0) is 37.1.